The topological polar surface area (TPSA) is 134 Å². The van der Waals surface area contributed by atoms with Crippen LogP contribution in [-0.2, 0) is 0 Å². The quantitative estimate of drug-likeness (QED) is 0.610. The molecular formula is C17H19N5O4. The minimum absolute atomic E-state index is 0.129. The largest absolute Gasteiger partial charge is 0.314 e. The minimum Gasteiger partial charge on any atom is -0.314 e. The molecule has 1 aromatic rings. The van der Waals surface area contributed by atoms with E-state index in [1.807, 2.05) is 0 Å². The van der Waals surface area contributed by atoms with E-state index in [4.69, 9.17) is 0 Å². The van der Waals surface area contributed by atoms with Crippen LogP contribution in [-0.4, -0.2) is 15.4 Å². The third-order valence-electron chi connectivity index (χ3n) is 6.40. The number of benzene rings is 1. The Morgan fingerprint density at radius 1 is 1.04 bits per heavy atom. The summed E-state index contributed by atoms with van der Waals surface area (Å²) in [5.41, 5.74) is 4.60. The summed E-state index contributed by atoms with van der Waals surface area (Å²) in [4.78, 5) is 20.8. The van der Waals surface area contributed by atoms with Crippen LogP contribution in [0.4, 0.5) is 17.1 Å². The maximum atomic E-state index is 11.3. The first kappa shape index (κ1) is 16.7. The van der Waals surface area contributed by atoms with E-state index in [2.05, 4.69) is 16.9 Å². The fourth-order valence-electron chi connectivity index (χ4n) is 5.40. The molecule has 9 nitrogen and oxygen atoms in total. The third-order valence-corrected chi connectivity index (χ3v) is 6.40. The van der Waals surface area contributed by atoms with Crippen LogP contribution >= 0.6 is 0 Å². The van der Waals surface area contributed by atoms with E-state index < -0.39 is 15.4 Å². The van der Waals surface area contributed by atoms with Crippen molar-refractivity contribution in [2.45, 2.75) is 37.6 Å². The molecule has 0 heterocycles. The fourth-order valence-corrected chi connectivity index (χ4v) is 5.40. The molecule has 1 aromatic carbocycles. The molecule has 0 unspecified atom stereocenters. The summed E-state index contributed by atoms with van der Waals surface area (Å²) < 4.78 is 0. The number of rotatable bonds is 5. The van der Waals surface area contributed by atoms with Crippen molar-refractivity contribution in [3.63, 3.8) is 0 Å². The molecule has 4 saturated carbocycles. The highest BCUT2D eigenvalue weighted by molar-refractivity contribution is 5.65. The van der Waals surface area contributed by atoms with Crippen molar-refractivity contribution in [3.05, 3.63) is 38.4 Å². The van der Waals surface area contributed by atoms with Crippen LogP contribution in [0.3, 0.4) is 0 Å². The average molecular weight is 357 g/mol. The Balaban J connectivity index is 1.59. The predicted molar refractivity (Wildman–Crippen MR) is 91.9 cm³/mol. The zero-order chi connectivity index (χ0) is 18.5. The first-order chi connectivity index (χ1) is 12.4. The Hall–Kier alpha value is -2.73. The van der Waals surface area contributed by atoms with Gasteiger partial charge in [-0.15, -0.1) is 0 Å². The maximum Gasteiger partial charge on any atom is 0.300 e. The number of nitro benzene ring substituents is 2. The molecule has 4 aliphatic carbocycles. The molecule has 4 aliphatic rings. The minimum atomic E-state index is -0.747. The van der Waals surface area contributed by atoms with Crippen LogP contribution in [0.5, 0.6) is 0 Å². The molecule has 9 heteroatoms. The van der Waals surface area contributed by atoms with Crippen LogP contribution in [0.25, 0.3) is 0 Å². The second-order valence-electron chi connectivity index (χ2n) is 7.75. The second-order valence-corrected chi connectivity index (χ2v) is 7.75. The summed E-state index contributed by atoms with van der Waals surface area (Å²) in [7, 11) is 0. The van der Waals surface area contributed by atoms with Crippen LogP contribution in [0.1, 0.15) is 32.1 Å². The summed E-state index contributed by atoms with van der Waals surface area (Å²) in [5, 5.41) is 32.1. The number of nitrogens with one attached hydrogen (secondary N) is 2. The van der Waals surface area contributed by atoms with E-state index in [0.29, 0.717) is 11.8 Å². The Bertz CT molecular complexity index is 790. The Labute approximate surface area is 149 Å². The summed E-state index contributed by atoms with van der Waals surface area (Å²) >= 11 is 0. The van der Waals surface area contributed by atoms with Gasteiger partial charge in [0, 0.05) is 6.07 Å². The number of anilines is 1. The Morgan fingerprint density at radius 3 is 2.15 bits per heavy atom. The molecule has 0 aromatic heterocycles. The molecule has 0 amide bonds. The molecule has 0 saturated heterocycles. The number of nitriles is 1. The van der Waals surface area contributed by atoms with Gasteiger partial charge in [-0.2, -0.15) is 5.26 Å². The lowest BCUT2D eigenvalue weighted by Gasteiger charge is -2.58. The van der Waals surface area contributed by atoms with E-state index in [9.17, 15) is 25.5 Å². The van der Waals surface area contributed by atoms with E-state index in [0.717, 1.165) is 31.7 Å². The van der Waals surface area contributed by atoms with Gasteiger partial charge < -0.3 is 5.43 Å². The van der Waals surface area contributed by atoms with Gasteiger partial charge in [0.25, 0.3) is 5.69 Å². The van der Waals surface area contributed by atoms with Crippen LogP contribution < -0.4 is 10.9 Å². The molecule has 4 fully saturated rings. The van der Waals surface area contributed by atoms with Crippen molar-refractivity contribution in [2.75, 3.05) is 5.43 Å². The van der Waals surface area contributed by atoms with Crippen molar-refractivity contribution in [1.82, 2.24) is 5.43 Å². The molecule has 4 bridgehead atoms. The van der Waals surface area contributed by atoms with Gasteiger partial charge in [0.1, 0.15) is 11.2 Å². The Morgan fingerprint density at radius 2 is 1.65 bits per heavy atom. The van der Waals surface area contributed by atoms with Gasteiger partial charge in [-0.25, -0.2) is 5.43 Å². The third kappa shape index (κ3) is 2.49. The molecule has 26 heavy (non-hydrogen) atoms. The van der Waals surface area contributed by atoms with Gasteiger partial charge in [-0.05, 0) is 61.8 Å². The van der Waals surface area contributed by atoms with E-state index in [1.54, 1.807) is 0 Å². The first-order valence-electron chi connectivity index (χ1n) is 8.80. The van der Waals surface area contributed by atoms with Crippen molar-refractivity contribution in [2.24, 2.45) is 23.7 Å². The van der Waals surface area contributed by atoms with Gasteiger partial charge in [-0.1, -0.05) is 0 Å². The van der Waals surface area contributed by atoms with Gasteiger partial charge in [0.2, 0.25) is 0 Å². The second kappa shape index (κ2) is 5.92. The molecule has 0 aliphatic heterocycles. The number of hydrogen-bond acceptors (Lipinski definition) is 7. The summed E-state index contributed by atoms with van der Waals surface area (Å²) in [6.07, 6.45) is 5.31. The molecule has 136 valence electrons. The lowest BCUT2D eigenvalue weighted by molar-refractivity contribution is -0.393. The zero-order valence-electron chi connectivity index (χ0n) is 14.1. The molecule has 5 rings (SSSR count). The molecule has 0 spiro atoms. The van der Waals surface area contributed by atoms with Crippen LogP contribution in [0.15, 0.2) is 18.2 Å². The van der Waals surface area contributed by atoms with Crippen LogP contribution in [0, 0.1) is 55.2 Å². The standard InChI is InChI=1S/C17H19N5O4/c18-9-17(12-4-10-3-11(6-12)7-13(17)5-10)20-19-15-2-1-14(21(23)24)8-16(15)22(25)26/h1-2,8,10-13,19-20H,3-7H2. The summed E-state index contributed by atoms with van der Waals surface area (Å²) in [6.45, 7) is 0. The number of nitrogens with zero attached hydrogens (tertiary/aromatic N) is 3. The lowest BCUT2D eigenvalue weighted by Crippen LogP contribution is -2.65. The lowest BCUT2D eigenvalue weighted by atomic mass is 9.49. The SMILES string of the molecule is N#CC1(NNc2ccc([N+](=O)[O-])cc2[N+](=O)[O-])C2CC3CC(C2)CC1C3. The highest BCUT2D eigenvalue weighted by Gasteiger charge is 2.58. The summed E-state index contributed by atoms with van der Waals surface area (Å²) in [6, 6.07) is 5.91. The molecular weight excluding hydrogens is 338 g/mol. The first-order valence-corrected chi connectivity index (χ1v) is 8.80. The predicted octanol–water partition coefficient (Wildman–Crippen LogP) is 3.14. The van der Waals surface area contributed by atoms with Gasteiger partial charge in [-0.3, -0.25) is 20.2 Å². The van der Waals surface area contributed by atoms with Crippen LogP contribution in [0.2, 0.25) is 0 Å². The van der Waals surface area contributed by atoms with E-state index >= 15 is 0 Å². The number of non-ortho nitro benzene ring substituents is 1. The highest BCUT2D eigenvalue weighted by atomic mass is 16.6. The normalized spacial score (nSPS) is 34.3. The smallest absolute Gasteiger partial charge is 0.300 e. The number of nitro groups is 2. The maximum absolute atomic E-state index is 11.3. The summed E-state index contributed by atoms with van der Waals surface area (Å²) in [5.74, 6) is 1.84. The van der Waals surface area contributed by atoms with Crippen molar-refractivity contribution in [1.29, 1.82) is 5.26 Å². The fraction of sp³-hybridized carbons (Fsp3) is 0.588. The highest BCUT2D eigenvalue weighted by Crippen LogP contribution is 2.58. The monoisotopic (exact) mass is 357 g/mol. The van der Waals surface area contributed by atoms with Gasteiger partial charge in [0.05, 0.1) is 22.0 Å². The van der Waals surface area contributed by atoms with Gasteiger partial charge >= 0.3 is 5.69 Å². The molecule has 2 N–H and O–H groups in total. The zero-order valence-corrected chi connectivity index (χ0v) is 14.1. The Kier molecular flexibility index (Phi) is 3.80. The van der Waals surface area contributed by atoms with Gasteiger partial charge in [0.15, 0.2) is 0 Å². The van der Waals surface area contributed by atoms with Crippen molar-refractivity contribution in [3.8, 4) is 6.07 Å². The van der Waals surface area contributed by atoms with Crippen molar-refractivity contribution < 1.29 is 9.85 Å². The average Bonchev–Trinajstić information content (AvgIpc) is 2.61. The molecule has 0 atom stereocenters. The molecule has 0 radical (unpaired) electrons. The van der Waals surface area contributed by atoms with E-state index in [1.165, 1.54) is 18.6 Å². The van der Waals surface area contributed by atoms with Crippen molar-refractivity contribution >= 4 is 17.1 Å². The number of hydrogen-bond donors (Lipinski definition) is 2. The van der Waals surface area contributed by atoms with E-state index in [-0.39, 0.29) is 28.9 Å². The number of hydrazine groups is 1.